The molecular formula is C12H11BrO. The summed E-state index contributed by atoms with van der Waals surface area (Å²) < 4.78 is 6.47. The molecule has 0 heterocycles. The molecule has 1 nitrogen and oxygen atoms in total. The van der Waals surface area contributed by atoms with Crippen LogP contribution in [0.2, 0.25) is 0 Å². The largest absolute Gasteiger partial charge is 0.456 e. The maximum atomic E-state index is 5.56. The minimum atomic E-state index is 0.673. The van der Waals surface area contributed by atoms with Gasteiger partial charge in [-0.2, -0.15) is 0 Å². The molecule has 1 aromatic carbocycles. The van der Waals surface area contributed by atoms with Crippen molar-refractivity contribution < 1.29 is 4.74 Å². The Morgan fingerprint density at radius 1 is 1.29 bits per heavy atom. The third-order valence-corrected chi connectivity index (χ3v) is 2.20. The Morgan fingerprint density at radius 2 is 2.00 bits per heavy atom. The zero-order chi connectivity index (χ0) is 10.4. The van der Waals surface area contributed by atoms with Gasteiger partial charge in [-0.1, -0.05) is 31.4 Å². The van der Waals surface area contributed by atoms with E-state index in [-0.39, 0.29) is 0 Å². The highest BCUT2D eigenvalue weighted by Crippen LogP contribution is 2.25. The summed E-state index contributed by atoms with van der Waals surface area (Å²) >= 11 is 3.39. The quantitative estimate of drug-likeness (QED) is 0.578. The standard InChI is InChI=1S/C12H11BrO/c1-3-7-10(4-2)14-12-9-6-5-8-11(12)13/h3-9H,1-2H2/b10-7+. The summed E-state index contributed by atoms with van der Waals surface area (Å²) in [6.45, 7) is 7.25. The lowest BCUT2D eigenvalue weighted by Gasteiger charge is -2.06. The van der Waals surface area contributed by atoms with Crippen molar-refractivity contribution in [3.05, 3.63) is 65.9 Å². The van der Waals surface area contributed by atoms with Crippen LogP contribution in [0.15, 0.2) is 65.9 Å². The molecule has 0 bridgehead atoms. The summed E-state index contributed by atoms with van der Waals surface area (Å²) in [6, 6.07) is 7.64. The van der Waals surface area contributed by atoms with Crippen molar-refractivity contribution in [3.63, 3.8) is 0 Å². The molecule has 0 aliphatic heterocycles. The molecular weight excluding hydrogens is 240 g/mol. The van der Waals surface area contributed by atoms with Gasteiger partial charge in [-0.15, -0.1) is 0 Å². The van der Waals surface area contributed by atoms with Crippen LogP contribution >= 0.6 is 15.9 Å². The van der Waals surface area contributed by atoms with Crippen LogP contribution in [0.4, 0.5) is 0 Å². The van der Waals surface area contributed by atoms with Gasteiger partial charge < -0.3 is 4.74 Å². The molecule has 0 N–H and O–H groups in total. The molecule has 0 aromatic heterocycles. The fourth-order valence-electron chi connectivity index (χ4n) is 0.914. The van der Waals surface area contributed by atoms with Gasteiger partial charge in [-0.3, -0.25) is 0 Å². The Hall–Kier alpha value is -1.28. The molecule has 14 heavy (non-hydrogen) atoms. The van der Waals surface area contributed by atoms with E-state index in [9.17, 15) is 0 Å². The first-order chi connectivity index (χ1) is 6.77. The van der Waals surface area contributed by atoms with Crippen LogP contribution in [-0.4, -0.2) is 0 Å². The fourth-order valence-corrected chi connectivity index (χ4v) is 1.28. The SMILES string of the molecule is C=C/C=C(\C=C)Oc1ccccc1Br. The monoisotopic (exact) mass is 250 g/mol. The summed E-state index contributed by atoms with van der Waals surface area (Å²) in [7, 11) is 0. The number of ether oxygens (including phenoxy) is 1. The van der Waals surface area contributed by atoms with Gasteiger partial charge in [0, 0.05) is 0 Å². The Morgan fingerprint density at radius 3 is 2.57 bits per heavy atom. The van der Waals surface area contributed by atoms with Gasteiger partial charge in [0.25, 0.3) is 0 Å². The summed E-state index contributed by atoms with van der Waals surface area (Å²) in [5.41, 5.74) is 0. The molecule has 0 aliphatic rings. The minimum absolute atomic E-state index is 0.673. The Balaban J connectivity index is 2.87. The number of hydrogen-bond acceptors (Lipinski definition) is 1. The van der Waals surface area contributed by atoms with E-state index >= 15 is 0 Å². The molecule has 1 aromatic rings. The molecule has 0 aliphatic carbocycles. The Bertz CT molecular complexity index is 366. The van der Waals surface area contributed by atoms with E-state index < -0.39 is 0 Å². The van der Waals surface area contributed by atoms with E-state index in [4.69, 9.17) is 4.74 Å². The number of benzene rings is 1. The maximum absolute atomic E-state index is 5.56. The molecule has 0 saturated heterocycles. The summed E-state index contributed by atoms with van der Waals surface area (Å²) in [5.74, 6) is 1.44. The zero-order valence-corrected chi connectivity index (χ0v) is 9.33. The second-order valence-corrected chi connectivity index (χ2v) is 3.40. The number of allylic oxidation sites excluding steroid dienone is 3. The third-order valence-electron chi connectivity index (χ3n) is 1.55. The topological polar surface area (TPSA) is 9.23 Å². The molecule has 0 atom stereocenters. The molecule has 0 fully saturated rings. The van der Waals surface area contributed by atoms with Crippen molar-refractivity contribution in [1.29, 1.82) is 0 Å². The Labute approximate surface area is 92.5 Å². The van der Waals surface area contributed by atoms with Crippen LogP contribution < -0.4 is 4.74 Å². The van der Waals surface area contributed by atoms with E-state index in [0.29, 0.717) is 5.76 Å². The van der Waals surface area contributed by atoms with Crippen molar-refractivity contribution in [2.24, 2.45) is 0 Å². The molecule has 72 valence electrons. The van der Waals surface area contributed by atoms with Gasteiger partial charge in [-0.25, -0.2) is 0 Å². The number of hydrogen-bond donors (Lipinski definition) is 0. The normalized spacial score (nSPS) is 10.8. The molecule has 0 radical (unpaired) electrons. The van der Waals surface area contributed by atoms with Crippen LogP contribution in [-0.2, 0) is 0 Å². The van der Waals surface area contributed by atoms with Gasteiger partial charge in [0.15, 0.2) is 0 Å². The molecule has 0 spiro atoms. The van der Waals surface area contributed by atoms with E-state index in [1.54, 1.807) is 18.2 Å². The second kappa shape index (κ2) is 5.45. The highest BCUT2D eigenvalue weighted by molar-refractivity contribution is 9.10. The van der Waals surface area contributed by atoms with E-state index in [1.807, 2.05) is 24.3 Å². The molecule has 2 heteroatoms. The number of para-hydroxylation sites is 1. The summed E-state index contributed by atoms with van der Waals surface area (Å²) in [6.07, 6.45) is 5.06. The summed E-state index contributed by atoms with van der Waals surface area (Å²) in [5, 5.41) is 0. The molecule has 0 amide bonds. The van der Waals surface area contributed by atoms with Gasteiger partial charge >= 0.3 is 0 Å². The first-order valence-corrected chi connectivity index (χ1v) is 4.94. The van der Waals surface area contributed by atoms with Crippen LogP contribution in [0.5, 0.6) is 5.75 Å². The van der Waals surface area contributed by atoms with Crippen molar-refractivity contribution in [1.82, 2.24) is 0 Å². The van der Waals surface area contributed by atoms with E-state index in [1.165, 1.54) is 0 Å². The van der Waals surface area contributed by atoms with Crippen LogP contribution in [0.3, 0.4) is 0 Å². The van der Waals surface area contributed by atoms with Crippen molar-refractivity contribution >= 4 is 15.9 Å². The average molecular weight is 251 g/mol. The predicted molar refractivity (Wildman–Crippen MR) is 63.2 cm³/mol. The molecule has 0 saturated carbocycles. The zero-order valence-electron chi connectivity index (χ0n) is 7.74. The lowest BCUT2D eigenvalue weighted by molar-refractivity contribution is 0.442. The van der Waals surface area contributed by atoms with E-state index in [2.05, 4.69) is 29.1 Å². The van der Waals surface area contributed by atoms with Gasteiger partial charge in [-0.05, 0) is 40.2 Å². The first-order valence-electron chi connectivity index (χ1n) is 4.15. The second-order valence-electron chi connectivity index (χ2n) is 2.54. The number of rotatable bonds is 4. The fraction of sp³-hybridized carbons (Fsp3) is 0. The van der Waals surface area contributed by atoms with Crippen molar-refractivity contribution in [2.75, 3.05) is 0 Å². The molecule has 1 rings (SSSR count). The first kappa shape index (κ1) is 10.8. The van der Waals surface area contributed by atoms with Crippen molar-refractivity contribution in [2.45, 2.75) is 0 Å². The highest BCUT2D eigenvalue weighted by atomic mass is 79.9. The molecule has 0 unspecified atom stereocenters. The average Bonchev–Trinajstić information content (AvgIpc) is 2.20. The lowest BCUT2D eigenvalue weighted by atomic mass is 10.3. The predicted octanol–water partition coefficient (Wildman–Crippen LogP) is 4.08. The van der Waals surface area contributed by atoms with Crippen LogP contribution in [0, 0.1) is 0 Å². The van der Waals surface area contributed by atoms with Gasteiger partial charge in [0.05, 0.1) is 4.47 Å². The van der Waals surface area contributed by atoms with Crippen molar-refractivity contribution in [3.8, 4) is 5.75 Å². The van der Waals surface area contributed by atoms with Gasteiger partial charge in [0.2, 0.25) is 0 Å². The smallest absolute Gasteiger partial charge is 0.141 e. The highest BCUT2D eigenvalue weighted by Gasteiger charge is 1.99. The van der Waals surface area contributed by atoms with Gasteiger partial charge in [0.1, 0.15) is 11.5 Å². The third kappa shape index (κ3) is 2.89. The number of halogens is 1. The maximum Gasteiger partial charge on any atom is 0.141 e. The Kier molecular flexibility index (Phi) is 4.20. The van der Waals surface area contributed by atoms with E-state index in [0.717, 1.165) is 10.2 Å². The van der Waals surface area contributed by atoms with Crippen LogP contribution in [0.25, 0.3) is 0 Å². The van der Waals surface area contributed by atoms with Crippen LogP contribution in [0.1, 0.15) is 0 Å². The summed E-state index contributed by atoms with van der Waals surface area (Å²) in [4.78, 5) is 0. The lowest BCUT2D eigenvalue weighted by Crippen LogP contribution is -1.91. The minimum Gasteiger partial charge on any atom is -0.456 e.